The summed E-state index contributed by atoms with van der Waals surface area (Å²) in [5.74, 6) is -0.905. The van der Waals surface area contributed by atoms with E-state index in [-0.39, 0.29) is 6.61 Å². The van der Waals surface area contributed by atoms with Crippen LogP contribution in [0.2, 0.25) is 0 Å². The first kappa shape index (κ1) is 14.4. The highest BCUT2D eigenvalue weighted by molar-refractivity contribution is 7.98. The maximum Gasteiger partial charge on any atom is 0.329 e. The van der Waals surface area contributed by atoms with Crippen molar-refractivity contribution >= 4 is 23.6 Å². The standard InChI is InChI=1S/C12H15NO4S/c1-8(14)13-9(12(15)16)7-17-10-5-3-4-6-11(10)18-2/h3-6,9H,7H2,1-2H3,(H,13,14)(H,15,16). The molecule has 98 valence electrons. The Morgan fingerprint density at radius 2 is 2.11 bits per heavy atom. The molecule has 0 fully saturated rings. The third kappa shape index (κ3) is 4.29. The monoisotopic (exact) mass is 269 g/mol. The molecule has 0 radical (unpaired) electrons. The lowest BCUT2D eigenvalue weighted by molar-refractivity contribution is -0.142. The van der Waals surface area contributed by atoms with Crippen LogP contribution in [0, 0.1) is 0 Å². The number of ether oxygens (including phenoxy) is 1. The first-order valence-electron chi connectivity index (χ1n) is 5.30. The van der Waals surface area contributed by atoms with Gasteiger partial charge in [0, 0.05) is 11.8 Å². The molecule has 0 saturated carbocycles. The number of carboxylic acid groups (broad SMARTS) is 1. The van der Waals surface area contributed by atoms with Crippen LogP contribution in [0.15, 0.2) is 29.2 Å². The number of nitrogens with one attached hydrogen (secondary N) is 1. The Kier molecular flexibility index (Phi) is 5.51. The largest absolute Gasteiger partial charge is 0.490 e. The molecule has 0 spiro atoms. The maximum absolute atomic E-state index is 10.9. The summed E-state index contributed by atoms with van der Waals surface area (Å²) in [7, 11) is 0. The molecule has 0 bridgehead atoms. The number of thioether (sulfide) groups is 1. The minimum absolute atomic E-state index is 0.105. The number of hydrogen-bond acceptors (Lipinski definition) is 4. The van der Waals surface area contributed by atoms with Crippen molar-refractivity contribution in [1.29, 1.82) is 0 Å². The van der Waals surface area contributed by atoms with Gasteiger partial charge in [0.15, 0.2) is 6.04 Å². The lowest BCUT2D eigenvalue weighted by atomic mass is 10.3. The Labute approximate surface area is 110 Å². The Bertz CT molecular complexity index is 436. The van der Waals surface area contributed by atoms with Crippen LogP contribution in [-0.2, 0) is 9.59 Å². The number of carbonyl (C=O) groups excluding carboxylic acids is 1. The zero-order valence-electron chi connectivity index (χ0n) is 10.2. The second-order valence-electron chi connectivity index (χ2n) is 3.55. The molecule has 1 aromatic carbocycles. The van der Waals surface area contributed by atoms with Crippen LogP contribution < -0.4 is 10.1 Å². The van der Waals surface area contributed by atoms with Crippen LogP contribution in [-0.4, -0.2) is 35.9 Å². The molecule has 1 rings (SSSR count). The first-order chi connectivity index (χ1) is 8.54. The van der Waals surface area contributed by atoms with Crippen molar-refractivity contribution in [2.75, 3.05) is 12.9 Å². The minimum atomic E-state index is -1.12. The van der Waals surface area contributed by atoms with Crippen LogP contribution in [0.1, 0.15) is 6.92 Å². The summed E-state index contributed by atoms with van der Waals surface area (Å²) in [6.07, 6.45) is 1.91. The summed E-state index contributed by atoms with van der Waals surface area (Å²) >= 11 is 1.51. The Morgan fingerprint density at radius 3 is 2.67 bits per heavy atom. The van der Waals surface area contributed by atoms with Crippen molar-refractivity contribution in [2.45, 2.75) is 17.9 Å². The van der Waals surface area contributed by atoms with E-state index >= 15 is 0 Å². The average Bonchev–Trinajstić information content (AvgIpc) is 2.34. The molecule has 6 heteroatoms. The number of carboxylic acids is 1. The van der Waals surface area contributed by atoms with E-state index in [1.54, 1.807) is 6.07 Å². The van der Waals surface area contributed by atoms with Gasteiger partial charge in [-0.1, -0.05) is 12.1 Å². The highest BCUT2D eigenvalue weighted by Crippen LogP contribution is 2.26. The minimum Gasteiger partial charge on any atom is -0.490 e. The Hall–Kier alpha value is -1.69. The summed E-state index contributed by atoms with van der Waals surface area (Å²) in [6.45, 7) is 1.16. The maximum atomic E-state index is 10.9. The summed E-state index contributed by atoms with van der Waals surface area (Å²) in [5.41, 5.74) is 0. The van der Waals surface area contributed by atoms with Crippen molar-refractivity contribution < 1.29 is 19.4 Å². The number of benzene rings is 1. The van der Waals surface area contributed by atoms with Gasteiger partial charge in [-0.2, -0.15) is 0 Å². The molecule has 0 aliphatic carbocycles. The van der Waals surface area contributed by atoms with Gasteiger partial charge in [-0.25, -0.2) is 4.79 Å². The summed E-state index contributed by atoms with van der Waals surface area (Å²) in [5, 5.41) is 11.2. The number of hydrogen-bond donors (Lipinski definition) is 2. The van der Waals surface area contributed by atoms with Crippen molar-refractivity contribution in [3.63, 3.8) is 0 Å². The summed E-state index contributed by atoms with van der Waals surface area (Å²) < 4.78 is 5.44. The van der Waals surface area contributed by atoms with Crippen molar-refractivity contribution in [2.24, 2.45) is 0 Å². The fourth-order valence-electron chi connectivity index (χ4n) is 1.33. The molecule has 0 aromatic heterocycles. The van der Waals surface area contributed by atoms with E-state index in [0.29, 0.717) is 5.75 Å². The van der Waals surface area contributed by atoms with Gasteiger partial charge in [-0.05, 0) is 18.4 Å². The second kappa shape index (κ2) is 6.90. The molecule has 0 heterocycles. The Morgan fingerprint density at radius 1 is 1.44 bits per heavy atom. The molecule has 0 saturated heterocycles. The van der Waals surface area contributed by atoms with Crippen LogP contribution >= 0.6 is 11.8 Å². The third-order valence-electron chi connectivity index (χ3n) is 2.15. The lowest BCUT2D eigenvalue weighted by Gasteiger charge is -2.15. The van der Waals surface area contributed by atoms with Gasteiger partial charge in [0.1, 0.15) is 12.4 Å². The number of carbonyl (C=O) groups is 2. The van der Waals surface area contributed by atoms with E-state index in [2.05, 4.69) is 5.32 Å². The fourth-order valence-corrected chi connectivity index (χ4v) is 1.87. The predicted octanol–water partition coefficient (Wildman–Crippen LogP) is 1.38. The van der Waals surface area contributed by atoms with E-state index in [1.165, 1.54) is 18.7 Å². The van der Waals surface area contributed by atoms with Gasteiger partial charge in [0.25, 0.3) is 0 Å². The molecule has 1 atom stereocenters. The van der Waals surface area contributed by atoms with Crippen LogP contribution in [0.3, 0.4) is 0 Å². The third-order valence-corrected chi connectivity index (χ3v) is 2.93. The van der Waals surface area contributed by atoms with Gasteiger partial charge in [0.05, 0.1) is 0 Å². The zero-order valence-corrected chi connectivity index (χ0v) is 11.0. The van der Waals surface area contributed by atoms with Crippen LogP contribution in [0.5, 0.6) is 5.75 Å². The van der Waals surface area contributed by atoms with Gasteiger partial charge >= 0.3 is 5.97 Å². The van der Waals surface area contributed by atoms with E-state index < -0.39 is 17.9 Å². The van der Waals surface area contributed by atoms with Gasteiger partial charge in [0.2, 0.25) is 5.91 Å². The number of amides is 1. The van der Waals surface area contributed by atoms with Crippen molar-refractivity contribution in [3.05, 3.63) is 24.3 Å². The molecule has 0 aliphatic rings. The lowest BCUT2D eigenvalue weighted by Crippen LogP contribution is -2.43. The van der Waals surface area contributed by atoms with Crippen LogP contribution in [0.25, 0.3) is 0 Å². The fraction of sp³-hybridized carbons (Fsp3) is 0.333. The van der Waals surface area contributed by atoms with Crippen molar-refractivity contribution in [1.82, 2.24) is 5.32 Å². The second-order valence-corrected chi connectivity index (χ2v) is 4.40. The van der Waals surface area contributed by atoms with Gasteiger partial charge in [-0.15, -0.1) is 11.8 Å². The molecular formula is C12H15NO4S. The molecule has 1 unspecified atom stereocenters. The highest BCUT2D eigenvalue weighted by Gasteiger charge is 2.19. The first-order valence-corrected chi connectivity index (χ1v) is 6.52. The molecule has 18 heavy (non-hydrogen) atoms. The Balaban J connectivity index is 2.66. The van der Waals surface area contributed by atoms with Crippen molar-refractivity contribution in [3.8, 4) is 5.75 Å². The molecule has 1 amide bonds. The average molecular weight is 269 g/mol. The molecular weight excluding hydrogens is 254 g/mol. The van der Waals surface area contributed by atoms with E-state index in [4.69, 9.17) is 9.84 Å². The quantitative estimate of drug-likeness (QED) is 0.763. The molecule has 1 aromatic rings. The summed E-state index contributed by atoms with van der Waals surface area (Å²) in [6, 6.07) is 6.29. The molecule has 2 N–H and O–H groups in total. The smallest absolute Gasteiger partial charge is 0.329 e. The van der Waals surface area contributed by atoms with E-state index in [0.717, 1.165) is 4.90 Å². The number of rotatable bonds is 6. The van der Waals surface area contributed by atoms with Gasteiger partial charge < -0.3 is 15.2 Å². The number of aliphatic carboxylic acids is 1. The zero-order chi connectivity index (χ0) is 13.5. The molecule has 5 nitrogen and oxygen atoms in total. The van der Waals surface area contributed by atoms with E-state index in [1.807, 2.05) is 24.5 Å². The highest BCUT2D eigenvalue weighted by atomic mass is 32.2. The topological polar surface area (TPSA) is 75.6 Å². The van der Waals surface area contributed by atoms with E-state index in [9.17, 15) is 9.59 Å². The normalized spacial score (nSPS) is 11.7. The van der Waals surface area contributed by atoms with Crippen LogP contribution in [0.4, 0.5) is 0 Å². The van der Waals surface area contributed by atoms with Gasteiger partial charge in [-0.3, -0.25) is 4.79 Å². The SMILES string of the molecule is CSc1ccccc1OCC(NC(C)=O)C(=O)O. The molecule has 0 aliphatic heterocycles. The number of para-hydroxylation sites is 1. The summed E-state index contributed by atoms with van der Waals surface area (Å²) in [4.78, 5) is 22.7. The predicted molar refractivity (Wildman–Crippen MR) is 69.0 cm³/mol.